The Morgan fingerprint density at radius 1 is 1.20 bits per heavy atom. The van der Waals surface area contributed by atoms with E-state index in [1.807, 2.05) is 13.0 Å². The van der Waals surface area contributed by atoms with Crippen LogP contribution in [0.5, 0.6) is 0 Å². The predicted octanol–water partition coefficient (Wildman–Crippen LogP) is 2.15. The molecule has 10 heavy (non-hydrogen) atoms. The Kier molecular flexibility index (Phi) is 4.05. The molecule has 1 nitrogen and oxygen atoms in total. The number of hydrogen-bond acceptors (Lipinski definition) is 1. The Morgan fingerprint density at radius 2 is 1.80 bits per heavy atom. The van der Waals surface area contributed by atoms with Crippen LogP contribution in [0.1, 0.15) is 6.92 Å². The highest BCUT2D eigenvalue weighted by atomic mass is 14.5. The van der Waals surface area contributed by atoms with Gasteiger partial charge in [-0.05, 0) is 19.1 Å². The highest BCUT2D eigenvalue weighted by Crippen LogP contribution is 1.94. The van der Waals surface area contributed by atoms with Gasteiger partial charge in [0.05, 0.1) is 0 Å². The van der Waals surface area contributed by atoms with Crippen molar-refractivity contribution in [3.05, 3.63) is 48.7 Å². The molecule has 0 saturated heterocycles. The summed E-state index contributed by atoms with van der Waals surface area (Å²) in [6.45, 7) is 9.07. The summed E-state index contributed by atoms with van der Waals surface area (Å²) in [6, 6.07) is 0. The van der Waals surface area contributed by atoms with Crippen LogP contribution in [0.2, 0.25) is 0 Å². The lowest BCUT2D eigenvalue weighted by atomic mass is 10.2. The molecule has 54 valence electrons. The monoisotopic (exact) mass is 135 g/mol. The molecule has 0 saturated carbocycles. The van der Waals surface area contributed by atoms with Gasteiger partial charge in [0.2, 0.25) is 0 Å². The molecule has 0 aliphatic carbocycles. The van der Waals surface area contributed by atoms with E-state index in [0.29, 0.717) is 5.70 Å². The topological polar surface area (TPSA) is 26.0 Å². The van der Waals surface area contributed by atoms with Crippen LogP contribution in [0.4, 0.5) is 0 Å². The molecule has 0 radical (unpaired) electrons. The van der Waals surface area contributed by atoms with E-state index in [1.165, 1.54) is 0 Å². The van der Waals surface area contributed by atoms with Gasteiger partial charge in [-0.3, -0.25) is 0 Å². The molecule has 0 spiro atoms. The van der Waals surface area contributed by atoms with Gasteiger partial charge < -0.3 is 5.73 Å². The first kappa shape index (κ1) is 8.76. The Bertz CT molecular complexity index is 163. The first-order valence-electron chi connectivity index (χ1n) is 3.09. The Morgan fingerprint density at radius 3 is 2.20 bits per heavy atom. The van der Waals surface area contributed by atoms with Crippen molar-refractivity contribution in [3.8, 4) is 0 Å². The molecule has 0 aromatic heterocycles. The predicted molar refractivity (Wildman–Crippen MR) is 46.4 cm³/mol. The number of rotatable bonds is 3. The summed E-state index contributed by atoms with van der Waals surface area (Å²) < 4.78 is 0. The molecule has 0 amide bonds. The first-order valence-corrected chi connectivity index (χ1v) is 3.09. The zero-order chi connectivity index (χ0) is 7.98. The summed E-state index contributed by atoms with van der Waals surface area (Å²) >= 11 is 0. The minimum absolute atomic E-state index is 0.668. The van der Waals surface area contributed by atoms with Gasteiger partial charge in [-0.2, -0.15) is 0 Å². The third-order valence-electron chi connectivity index (χ3n) is 1.10. The molecule has 0 unspecified atom stereocenters. The van der Waals surface area contributed by atoms with Crippen molar-refractivity contribution in [1.82, 2.24) is 0 Å². The Labute approximate surface area is 62.2 Å². The molecule has 0 aliphatic rings. The van der Waals surface area contributed by atoms with Crippen molar-refractivity contribution in [2.24, 2.45) is 5.73 Å². The zero-order valence-corrected chi connectivity index (χ0v) is 6.30. The van der Waals surface area contributed by atoms with Crippen LogP contribution in [0.3, 0.4) is 0 Å². The van der Waals surface area contributed by atoms with E-state index >= 15 is 0 Å². The summed E-state index contributed by atoms with van der Waals surface area (Å²) in [5.74, 6) is 0. The van der Waals surface area contributed by atoms with E-state index in [1.54, 1.807) is 18.2 Å². The number of hydrogen-bond donors (Lipinski definition) is 1. The van der Waals surface area contributed by atoms with Crippen LogP contribution in [0.25, 0.3) is 0 Å². The minimum Gasteiger partial charge on any atom is -0.399 e. The maximum Gasteiger partial charge on any atom is 0.0308 e. The van der Waals surface area contributed by atoms with Gasteiger partial charge in [-0.1, -0.05) is 30.9 Å². The standard InChI is InChI=1S/C9H13N/c1-4-8(3)6-7-9(10)5-2/h4-7H,1-2,10H2,3H3/b8-6-,9-7+. The van der Waals surface area contributed by atoms with Crippen LogP contribution >= 0.6 is 0 Å². The van der Waals surface area contributed by atoms with Crippen molar-refractivity contribution in [1.29, 1.82) is 0 Å². The molecule has 2 N–H and O–H groups in total. The maximum absolute atomic E-state index is 5.44. The molecule has 0 aromatic rings. The van der Waals surface area contributed by atoms with Gasteiger partial charge in [-0.25, -0.2) is 0 Å². The van der Waals surface area contributed by atoms with Crippen molar-refractivity contribution in [2.75, 3.05) is 0 Å². The van der Waals surface area contributed by atoms with Gasteiger partial charge in [-0.15, -0.1) is 0 Å². The third-order valence-corrected chi connectivity index (χ3v) is 1.10. The lowest BCUT2D eigenvalue weighted by molar-refractivity contribution is 1.42. The molecule has 0 atom stereocenters. The summed E-state index contributed by atoms with van der Waals surface area (Å²) in [6.07, 6.45) is 7.06. The highest BCUT2D eigenvalue weighted by molar-refractivity contribution is 5.25. The number of allylic oxidation sites excluding steroid dienone is 5. The van der Waals surface area contributed by atoms with E-state index in [0.717, 1.165) is 5.57 Å². The third kappa shape index (κ3) is 3.72. The lowest BCUT2D eigenvalue weighted by Crippen LogP contribution is -1.89. The summed E-state index contributed by atoms with van der Waals surface area (Å²) in [4.78, 5) is 0. The fourth-order valence-corrected chi connectivity index (χ4v) is 0.364. The van der Waals surface area contributed by atoms with Gasteiger partial charge in [0.25, 0.3) is 0 Å². The molecule has 0 bridgehead atoms. The summed E-state index contributed by atoms with van der Waals surface area (Å²) in [7, 11) is 0. The fraction of sp³-hybridized carbons (Fsp3) is 0.111. The number of nitrogens with two attached hydrogens (primary N) is 1. The van der Waals surface area contributed by atoms with E-state index in [4.69, 9.17) is 5.73 Å². The van der Waals surface area contributed by atoms with Crippen molar-refractivity contribution in [2.45, 2.75) is 6.92 Å². The second-order valence-corrected chi connectivity index (χ2v) is 1.99. The van der Waals surface area contributed by atoms with Gasteiger partial charge in [0, 0.05) is 5.70 Å². The highest BCUT2D eigenvalue weighted by Gasteiger charge is 1.77. The van der Waals surface area contributed by atoms with Crippen molar-refractivity contribution < 1.29 is 0 Å². The normalized spacial score (nSPS) is 12.9. The average Bonchev–Trinajstić information content (AvgIpc) is 1.99. The molecule has 0 fully saturated rings. The van der Waals surface area contributed by atoms with Gasteiger partial charge >= 0.3 is 0 Å². The van der Waals surface area contributed by atoms with Crippen molar-refractivity contribution in [3.63, 3.8) is 0 Å². The van der Waals surface area contributed by atoms with Crippen LogP contribution in [0, 0.1) is 0 Å². The Hall–Kier alpha value is -1.24. The second kappa shape index (κ2) is 4.62. The molecule has 0 heterocycles. The SMILES string of the molecule is C=C/C(C)=C\C=C(\N)C=C. The lowest BCUT2D eigenvalue weighted by Gasteiger charge is -1.87. The van der Waals surface area contributed by atoms with Gasteiger partial charge in [0.15, 0.2) is 0 Å². The Balaban J connectivity index is 4.16. The van der Waals surface area contributed by atoms with Crippen LogP contribution in [0.15, 0.2) is 48.7 Å². The van der Waals surface area contributed by atoms with E-state index in [2.05, 4.69) is 13.2 Å². The average molecular weight is 135 g/mol. The summed E-state index contributed by atoms with van der Waals surface area (Å²) in [5.41, 5.74) is 7.20. The summed E-state index contributed by atoms with van der Waals surface area (Å²) in [5, 5.41) is 0. The van der Waals surface area contributed by atoms with E-state index in [9.17, 15) is 0 Å². The van der Waals surface area contributed by atoms with Gasteiger partial charge in [0.1, 0.15) is 0 Å². The fourth-order valence-electron chi connectivity index (χ4n) is 0.364. The molecule has 0 aromatic carbocycles. The van der Waals surface area contributed by atoms with Crippen LogP contribution in [-0.2, 0) is 0 Å². The van der Waals surface area contributed by atoms with E-state index < -0.39 is 0 Å². The maximum atomic E-state index is 5.44. The molecule has 0 aliphatic heterocycles. The molecule has 1 heteroatoms. The largest absolute Gasteiger partial charge is 0.399 e. The van der Waals surface area contributed by atoms with Crippen LogP contribution < -0.4 is 5.73 Å². The van der Waals surface area contributed by atoms with E-state index in [-0.39, 0.29) is 0 Å². The zero-order valence-electron chi connectivity index (χ0n) is 6.30. The molecule has 0 rings (SSSR count). The van der Waals surface area contributed by atoms with Crippen LogP contribution in [-0.4, -0.2) is 0 Å². The molecular weight excluding hydrogens is 122 g/mol. The first-order chi connectivity index (χ1) is 4.70. The second-order valence-electron chi connectivity index (χ2n) is 1.99. The quantitative estimate of drug-likeness (QED) is 0.589. The minimum atomic E-state index is 0.668. The smallest absolute Gasteiger partial charge is 0.0308 e. The molecular formula is C9H13N. The van der Waals surface area contributed by atoms with Crippen molar-refractivity contribution >= 4 is 0 Å².